The van der Waals surface area contributed by atoms with Crippen LogP contribution in [0.25, 0.3) is 0 Å². The Hall–Kier alpha value is -0.750. The second kappa shape index (κ2) is 4.63. The first-order valence-electron chi connectivity index (χ1n) is 5.23. The van der Waals surface area contributed by atoms with E-state index in [1.165, 1.54) is 11.3 Å². The molecule has 6 heteroatoms. The van der Waals surface area contributed by atoms with E-state index in [-0.39, 0.29) is 5.25 Å². The summed E-state index contributed by atoms with van der Waals surface area (Å²) in [6.45, 7) is 0. The van der Waals surface area contributed by atoms with Gasteiger partial charge in [-0.05, 0) is 12.8 Å². The van der Waals surface area contributed by atoms with Gasteiger partial charge in [0.2, 0.25) is 0 Å². The van der Waals surface area contributed by atoms with E-state index >= 15 is 0 Å². The van der Waals surface area contributed by atoms with Gasteiger partial charge in [0.05, 0.1) is 16.0 Å². The molecule has 0 N–H and O–H groups in total. The van der Waals surface area contributed by atoms with Crippen molar-refractivity contribution in [1.82, 2.24) is 4.98 Å². The van der Waals surface area contributed by atoms with Gasteiger partial charge in [-0.2, -0.15) is 0 Å². The number of sulfone groups is 1. The Balaban J connectivity index is 2.11. The van der Waals surface area contributed by atoms with Crippen LogP contribution in [-0.4, -0.2) is 30.7 Å². The Morgan fingerprint density at radius 1 is 1.50 bits per heavy atom. The van der Waals surface area contributed by atoms with E-state index in [9.17, 15) is 13.2 Å². The summed E-state index contributed by atoms with van der Waals surface area (Å²) in [5.74, 6) is 0.295. The molecule has 4 nitrogen and oxygen atoms in total. The first-order valence-corrected chi connectivity index (χ1v) is 7.82. The second-order valence-corrected chi connectivity index (χ2v) is 7.32. The summed E-state index contributed by atoms with van der Waals surface area (Å²) >= 11 is 1.36. The zero-order valence-electron chi connectivity index (χ0n) is 8.76. The highest BCUT2D eigenvalue weighted by Crippen LogP contribution is 2.24. The van der Waals surface area contributed by atoms with Gasteiger partial charge in [0.1, 0.15) is 5.69 Å². The lowest BCUT2D eigenvalue weighted by molar-refractivity contribution is 0.111. The zero-order valence-corrected chi connectivity index (χ0v) is 10.4. The lowest BCUT2D eigenvalue weighted by atomic mass is 10.1. The number of hydrogen-bond acceptors (Lipinski definition) is 5. The van der Waals surface area contributed by atoms with Crippen LogP contribution >= 0.6 is 11.3 Å². The average molecular weight is 259 g/mol. The fraction of sp³-hybridized carbons (Fsp3) is 0.600. The molecule has 1 unspecified atom stereocenters. The molecule has 2 heterocycles. The summed E-state index contributed by atoms with van der Waals surface area (Å²) in [5, 5.41) is 2.11. The van der Waals surface area contributed by atoms with Crippen LogP contribution in [0.4, 0.5) is 0 Å². The fourth-order valence-corrected chi connectivity index (χ4v) is 4.72. The molecule has 1 aromatic rings. The molecule has 2 rings (SSSR count). The van der Waals surface area contributed by atoms with Gasteiger partial charge >= 0.3 is 0 Å². The van der Waals surface area contributed by atoms with Gasteiger partial charge in [-0.3, -0.25) is 4.79 Å². The number of rotatable bonds is 3. The van der Waals surface area contributed by atoms with Crippen molar-refractivity contribution in [3.05, 3.63) is 16.1 Å². The second-order valence-electron chi connectivity index (χ2n) is 3.97. The largest absolute Gasteiger partial charge is 0.296 e. The zero-order chi connectivity index (χ0) is 11.6. The average Bonchev–Trinajstić information content (AvgIpc) is 2.69. The van der Waals surface area contributed by atoms with E-state index in [1.807, 2.05) is 0 Å². The van der Waals surface area contributed by atoms with Crippen molar-refractivity contribution in [2.45, 2.75) is 30.9 Å². The third kappa shape index (κ3) is 2.49. The molecule has 1 saturated heterocycles. The molecule has 0 aromatic carbocycles. The minimum absolute atomic E-state index is 0.295. The van der Waals surface area contributed by atoms with Crippen molar-refractivity contribution in [3.63, 3.8) is 0 Å². The number of carbonyl (C=O) groups excluding carboxylic acids is 1. The maximum atomic E-state index is 11.8. The van der Waals surface area contributed by atoms with Gasteiger partial charge in [0.15, 0.2) is 16.1 Å². The van der Waals surface area contributed by atoms with E-state index in [1.54, 1.807) is 5.38 Å². The van der Waals surface area contributed by atoms with Gasteiger partial charge in [-0.15, -0.1) is 11.3 Å². The smallest absolute Gasteiger partial charge is 0.169 e. The Bertz CT molecular complexity index is 478. The molecule has 1 aliphatic heterocycles. The minimum Gasteiger partial charge on any atom is -0.296 e. The molecular weight excluding hydrogens is 246 g/mol. The monoisotopic (exact) mass is 259 g/mol. The van der Waals surface area contributed by atoms with Crippen LogP contribution in [0.2, 0.25) is 0 Å². The van der Waals surface area contributed by atoms with Crippen LogP contribution in [-0.2, 0) is 16.3 Å². The lowest BCUT2D eigenvalue weighted by Gasteiger charge is -2.20. The number of nitrogens with zero attached hydrogens (tertiary/aromatic N) is 1. The van der Waals surface area contributed by atoms with Crippen LogP contribution in [0.15, 0.2) is 5.38 Å². The van der Waals surface area contributed by atoms with Gasteiger partial charge in [-0.25, -0.2) is 13.4 Å². The van der Waals surface area contributed by atoms with Gasteiger partial charge in [0.25, 0.3) is 0 Å². The van der Waals surface area contributed by atoms with Gasteiger partial charge in [-0.1, -0.05) is 6.42 Å². The van der Waals surface area contributed by atoms with E-state index in [4.69, 9.17) is 0 Å². The number of aldehydes is 1. The summed E-state index contributed by atoms with van der Waals surface area (Å²) < 4.78 is 23.5. The standard InChI is InChI=1S/C10H13NO3S2/c12-6-8-7-15-10(11-8)5-9-3-1-2-4-16(9,13)14/h6-7,9H,1-5H2. The normalized spacial score (nSPS) is 24.1. The third-order valence-electron chi connectivity index (χ3n) is 2.81. The Kier molecular flexibility index (Phi) is 3.39. The minimum atomic E-state index is -2.94. The molecule has 0 saturated carbocycles. The Morgan fingerprint density at radius 2 is 2.31 bits per heavy atom. The summed E-state index contributed by atoms with van der Waals surface area (Å²) in [4.78, 5) is 14.5. The predicted octanol–water partition coefficient (Wildman–Crippen LogP) is 1.47. The van der Waals surface area contributed by atoms with Crippen molar-refractivity contribution >= 4 is 27.5 Å². The van der Waals surface area contributed by atoms with Crippen LogP contribution in [0.3, 0.4) is 0 Å². The first kappa shape index (κ1) is 11.7. The van der Waals surface area contributed by atoms with Crippen molar-refractivity contribution in [1.29, 1.82) is 0 Å². The van der Waals surface area contributed by atoms with Gasteiger partial charge in [0, 0.05) is 11.8 Å². The molecule has 88 valence electrons. The molecule has 0 spiro atoms. The molecule has 16 heavy (non-hydrogen) atoms. The summed E-state index contributed by atoms with van der Waals surface area (Å²) in [7, 11) is -2.94. The predicted molar refractivity (Wildman–Crippen MR) is 62.6 cm³/mol. The van der Waals surface area contributed by atoms with Crippen LogP contribution in [0.5, 0.6) is 0 Å². The number of aromatic nitrogens is 1. The number of carbonyl (C=O) groups is 1. The van der Waals surface area contributed by atoms with Crippen LogP contribution in [0, 0.1) is 0 Å². The SMILES string of the molecule is O=Cc1csc(CC2CCCCS2(=O)=O)n1. The van der Waals surface area contributed by atoms with Crippen molar-refractivity contribution in [2.24, 2.45) is 0 Å². The van der Waals surface area contributed by atoms with Crippen molar-refractivity contribution < 1.29 is 13.2 Å². The molecule has 1 atom stereocenters. The van der Waals surface area contributed by atoms with E-state index in [0.29, 0.717) is 24.2 Å². The van der Waals surface area contributed by atoms with E-state index < -0.39 is 9.84 Å². The first-order chi connectivity index (χ1) is 7.62. The maximum absolute atomic E-state index is 11.8. The summed E-state index contributed by atoms with van der Waals surface area (Å²) in [6.07, 6.45) is 3.61. The van der Waals surface area contributed by atoms with E-state index in [2.05, 4.69) is 4.98 Å². The Labute approximate surface area is 98.6 Å². The number of hydrogen-bond donors (Lipinski definition) is 0. The Morgan fingerprint density at radius 3 is 2.94 bits per heavy atom. The molecule has 1 aromatic heterocycles. The molecule has 0 radical (unpaired) electrons. The lowest BCUT2D eigenvalue weighted by Crippen LogP contribution is -2.30. The van der Waals surface area contributed by atoms with Crippen LogP contribution < -0.4 is 0 Å². The highest BCUT2D eigenvalue weighted by molar-refractivity contribution is 7.92. The topological polar surface area (TPSA) is 64.1 Å². The highest BCUT2D eigenvalue weighted by Gasteiger charge is 2.29. The highest BCUT2D eigenvalue weighted by atomic mass is 32.2. The fourth-order valence-electron chi connectivity index (χ4n) is 1.92. The van der Waals surface area contributed by atoms with E-state index in [0.717, 1.165) is 24.3 Å². The molecule has 0 aliphatic carbocycles. The summed E-state index contributed by atoms with van der Waals surface area (Å²) in [6, 6.07) is 0. The molecule has 0 amide bonds. The quantitative estimate of drug-likeness (QED) is 0.771. The number of thiazole rings is 1. The molecule has 1 fully saturated rings. The van der Waals surface area contributed by atoms with Crippen molar-refractivity contribution in [2.75, 3.05) is 5.75 Å². The molecular formula is C10H13NO3S2. The van der Waals surface area contributed by atoms with Gasteiger partial charge < -0.3 is 0 Å². The molecule has 1 aliphatic rings. The van der Waals surface area contributed by atoms with Crippen molar-refractivity contribution in [3.8, 4) is 0 Å². The third-order valence-corrected chi connectivity index (χ3v) is 5.97. The maximum Gasteiger partial charge on any atom is 0.169 e. The molecule has 0 bridgehead atoms. The van der Waals surface area contributed by atoms with Crippen LogP contribution in [0.1, 0.15) is 34.8 Å². The summed E-state index contributed by atoms with van der Waals surface area (Å²) in [5.41, 5.74) is 0.396.